The van der Waals surface area contributed by atoms with Crippen LogP contribution in [0.25, 0.3) is 0 Å². The number of ether oxygens (including phenoxy) is 2. The van der Waals surface area contributed by atoms with E-state index in [1.807, 2.05) is 0 Å². The SMILES string of the molecule is COc1ccc(OC)c(CNC(=O)CN2CCN(Cc3ccc(F)cc3)C2=O)c1. The zero-order valence-electron chi connectivity index (χ0n) is 16.5. The van der Waals surface area contributed by atoms with Gasteiger partial charge < -0.3 is 24.6 Å². The topological polar surface area (TPSA) is 71.1 Å². The highest BCUT2D eigenvalue weighted by molar-refractivity contribution is 5.85. The molecular weight excluding hydrogens is 377 g/mol. The Balaban J connectivity index is 1.52. The summed E-state index contributed by atoms with van der Waals surface area (Å²) in [6, 6.07) is 11.2. The molecule has 3 rings (SSSR count). The van der Waals surface area contributed by atoms with E-state index >= 15 is 0 Å². The second-order valence-electron chi connectivity index (χ2n) is 6.71. The van der Waals surface area contributed by atoms with E-state index in [2.05, 4.69) is 5.32 Å². The highest BCUT2D eigenvalue weighted by Crippen LogP contribution is 2.23. The molecule has 2 aromatic rings. The highest BCUT2D eigenvalue weighted by atomic mass is 19.1. The second kappa shape index (κ2) is 9.27. The molecule has 0 atom stereocenters. The van der Waals surface area contributed by atoms with E-state index in [9.17, 15) is 14.0 Å². The summed E-state index contributed by atoms with van der Waals surface area (Å²) >= 11 is 0. The average molecular weight is 401 g/mol. The summed E-state index contributed by atoms with van der Waals surface area (Å²) in [5, 5.41) is 2.81. The minimum atomic E-state index is -0.313. The van der Waals surface area contributed by atoms with Crippen LogP contribution in [0.3, 0.4) is 0 Å². The Morgan fingerprint density at radius 1 is 1.07 bits per heavy atom. The van der Waals surface area contributed by atoms with Crippen LogP contribution >= 0.6 is 0 Å². The van der Waals surface area contributed by atoms with Crippen molar-refractivity contribution in [1.29, 1.82) is 0 Å². The number of amides is 3. The van der Waals surface area contributed by atoms with E-state index in [0.717, 1.165) is 11.1 Å². The Morgan fingerprint density at radius 2 is 1.79 bits per heavy atom. The third-order valence-corrected chi connectivity index (χ3v) is 4.77. The molecule has 3 amide bonds. The summed E-state index contributed by atoms with van der Waals surface area (Å²) < 4.78 is 23.5. The summed E-state index contributed by atoms with van der Waals surface area (Å²) in [6.07, 6.45) is 0. The second-order valence-corrected chi connectivity index (χ2v) is 6.71. The number of nitrogens with zero attached hydrogens (tertiary/aromatic N) is 2. The molecular formula is C21H24FN3O4. The van der Waals surface area contributed by atoms with Crippen LogP contribution in [-0.4, -0.2) is 55.6 Å². The van der Waals surface area contributed by atoms with Gasteiger partial charge in [0.05, 0.1) is 14.2 Å². The lowest BCUT2D eigenvalue weighted by atomic mass is 10.2. The Kier molecular flexibility index (Phi) is 6.54. The van der Waals surface area contributed by atoms with Gasteiger partial charge in [0.2, 0.25) is 5.91 Å². The van der Waals surface area contributed by atoms with Gasteiger partial charge in [-0.25, -0.2) is 9.18 Å². The fourth-order valence-corrected chi connectivity index (χ4v) is 3.18. The molecule has 1 saturated heterocycles. The van der Waals surface area contributed by atoms with Crippen molar-refractivity contribution in [3.63, 3.8) is 0 Å². The Labute approximate surface area is 169 Å². The number of carbonyl (C=O) groups is 2. The first-order valence-electron chi connectivity index (χ1n) is 9.26. The molecule has 0 saturated carbocycles. The average Bonchev–Trinajstić information content (AvgIpc) is 3.07. The predicted molar refractivity (Wildman–Crippen MR) is 105 cm³/mol. The van der Waals surface area contributed by atoms with Crippen LogP contribution in [0.15, 0.2) is 42.5 Å². The molecule has 1 aliphatic rings. The third kappa shape index (κ3) is 5.16. The van der Waals surface area contributed by atoms with Crippen molar-refractivity contribution in [3.8, 4) is 11.5 Å². The number of urea groups is 1. The van der Waals surface area contributed by atoms with Crippen LogP contribution in [0, 0.1) is 5.82 Å². The molecule has 7 nitrogen and oxygen atoms in total. The van der Waals surface area contributed by atoms with Gasteiger partial charge in [-0.05, 0) is 35.9 Å². The third-order valence-electron chi connectivity index (χ3n) is 4.77. The van der Waals surface area contributed by atoms with Gasteiger partial charge in [0.25, 0.3) is 0 Å². The quantitative estimate of drug-likeness (QED) is 0.737. The van der Waals surface area contributed by atoms with E-state index in [0.29, 0.717) is 31.1 Å². The van der Waals surface area contributed by atoms with Crippen molar-refractivity contribution >= 4 is 11.9 Å². The van der Waals surface area contributed by atoms with Crippen molar-refractivity contribution in [2.45, 2.75) is 13.1 Å². The Bertz CT molecular complexity index is 873. The van der Waals surface area contributed by atoms with Crippen LogP contribution in [-0.2, 0) is 17.9 Å². The first kappa shape index (κ1) is 20.4. The largest absolute Gasteiger partial charge is 0.497 e. The summed E-state index contributed by atoms with van der Waals surface area (Å²) in [7, 11) is 3.13. The van der Waals surface area contributed by atoms with Crippen LogP contribution in [0.1, 0.15) is 11.1 Å². The molecule has 0 bridgehead atoms. The maximum atomic E-state index is 13.0. The molecule has 29 heavy (non-hydrogen) atoms. The van der Waals surface area contributed by atoms with Crippen molar-refractivity contribution < 1.29 is 23.5 Å². The van der Waals surface area contributed by atoms with Crippen molar-refractivity contribution in [2.75, 3.05) is 33.9 Å². The smallest absolute Gasteiger partial charge is 0.320 e. The summed E-state index contributed by atoms with van der Waals surface area (Å²) in [5.41, 5.74) is 1.63. The standard InChI is InChI=1S/C21H24FN3O4/c1-28-18-7-8-19(29-2)16(11-18)12-23-20(26)14-25-10-9-24(21(25)27)13-15-3-5-17(22)6-4-15/h3-8,11H,9-10,12-14H2,1-2H3,(H,23,26). The fourth-order valence-electron chi connectivity index (χ4n) is 3.18. The van der Waals surface area contributed by atoms with Gasteiger partial charge >= 0.3 is 6.03 Å². The maximum absolute atomic E-state index is 13.0. The normalized spacial score (nSPS) is 13.6. The lowest BCUT2D eigenvalue weighted by Gasteiger charge is -2.18. The minimum absolute atomic E-state index is 0.0228. The molecule has 2 aromatic carbocycles. The van der Waals surface area contributed by atoms with Gasteiger partial charge in [0.1, 0.15) is 23.9 Å². The number of methoxy groups -OCH3 is 2. The molecule has 1 N–H and O–H groups in total. The summed E-state index contributed by atoms with van der Waals surface area (Å²) in [6.45, 7) is 1.62. The fraction of sp³-hybridized carbons (Fsp3) is 0.333. The highest BCUT2D eigenvalue weighted by Gasteiger charge is 2.29. The number of benzene rings is 2. The van der Waals surface area contributed by atoms with E-state index in [1.165, 1.54) is 17.0 Å². The molecule has 1 fully saturated rings. The molecule has 0 aliphatic carbocycles. The zero-order valence-corrected chi connectivity index (χ0v) is 16.5. The molecule has 1 heterocycles. The zero-order chi connectivity index (χ0) is 20.8. The number of hydrogen-bond donors (Lipinski definition) is 1. The lowest BCUT2D eigenvalue weighted by Crippen LogP contribution is -2.39. The number of halogens is 1. The first-order chi connectivity index (χ1) is 14.0. The Hall–Kier alpha value is -3.29. The minimum Gasteiger partial charge on any atom is -0.497 e. The van der Waals surface area contributed by atoms with Gasteiger partial charge in [-0.15, -0.1) is 0 Å². The van der Waals surface area contributed by atoms with Crippen molar-refractivity contribution in [2.24, 2.45) is 0 Å². The van der Waals surface area contributed by atoms with Gasteiger partial charge in [-0.2, -0.15) is 0 Å². The lowest BCUT2D eigenvalue weighted by molar-refractivity contribution is -0.121. The maximum Gasteiger partial charge on any atom is 0.320 e. The molecule has 0 aromatic heterocycles. The predicted octanol–water partition coefficient (Wildman–Crippen LogP) is 2.40. The van der Waals surface area contributed by atoms with Gasteiger partial charge in [0.15, 0.2) is 0 Å². The summed E-state index contributed by atoms with van der Waals surface area (Å²) in [4.78, 5) is 28.0. The van der Waals surface area contributed by atoms with E-state index in [4.69, 9.17) is 9.47 Å². The van der Waals surface area contributed by atoms with Crippen LogP contribution in [0.4, 0.5) is 9.18 Å². The van der Waals surface area contributed by atoms with Gasteiger partial charge in [-0.1, -0.05) is 12.1 Å². The van der Waals surface area contributed by atoms with Gasteiger partial charge in [-0.3, -0.25) is 4.79 Å². The summed E-state index contributed by atoms with van der Waals surface area (Å²) in [5.74, 6) is 0.745. The molecule has 154 valence electrons. The number of nitrogens with one attached hydrogen (secondary N) is 1. The number of hydrogen-bond acceptors (Lipinski definition) is 4. The number of rotatable bonds is 8. The number of carbonyl (C=O) groups excluding carboxylic acids is 2. The molecule has 8 heteroatoms. The molecule has 0 unspecified atom stereocenters. The van der Waals surface area contributed by atoms with Crippen LogP contribution in [0.2, 0.25) is 0 Å². The molecule has 0 radical (unpaired) electrons. The monoisotopic (exact) mass is 401 g/mol. The molecule has 0 spiro atoms. The van der Waals surface area contributed by atoms with Crippen LogP contribution in [0.5, 0.6) is 11.5 Å². The van der Waals surface area contributed by atoms with Gasteiger partial charge in [0, 0.05) is 31.7 Å². The van der Waals surface area contributed by atoms with Crippen LogP contribution < -0.4 is 14.8 Å². The van der Waals surface area contributed by atoms with Crippen molar-refractivity contribution in [3.05, 3.63) is 59.4 Å². The van der Waals surface area contributed by atoms with Crippen molar-refractivity contribution in [1.82, 2.24) is 15.1 Å². The van der Waals surface area contributed by atoms with E-state index < -0.39 is 0 Å². The molecule has 1 aliphatic heterocycles. The Morgan fingerprint density at radius 3 is 2.48 bits per heavy atom. The van der Waals surface area contributed by atoms with E-state index in [1.54, 1.807) is 49.5 Å². The first-order valence-corrected chi connectivity index (χ1v) is 9.26. The van der Waals surface area contributed by atoms with E-state index in [-0.39, 0.29) is 30.8 Å².